The maximum atomic E-state index is 12.7. The van der Waals surface area contributed by atoms with E-state index < -0.39 is 10.0 Å². The number of hydrogen-bond acceptors (Lipinski definition) is 4. The second-order valence-electron chi connectivity index (χ2n) is 6.23. The van der Waals surface area contributed by atoms with Crippen LogP contribution in [0.15, 0.2) is 35.2 Å². The van der Waals surface area contributed by atoms with Crippen LogP contribution in [-0.4, -0.2) is 61.6 Å². The second-order valence-corrected chi connectivity index (χ2v) is 8.17. The van der Waals surface area contributed by atoms with Gasteiger partial charge in [-0.2, -0.15) is 4.31 Å². The van der Waals surface area contributed by atoms with Gasteiger partial charge in [-0.1, -0.05) is 32.0 Å². The molecule has 1 fully saturated rings. The van der Waals surface area contributed by atoms with E-state index >= 15 is 0 Å². The van der Waals surface area contributed by atoms with Crippen LogP contribution in [0.4, 0.5) is 0 Å². The number of piperazine rings is 1. The van der Waals surface area contributed by atoms with Gasteiger partial charge in [-0.25, -0.2) is 8.42 Å². The zero-order chi connectivity index (χ0) is 16.2. The summed E-state index contributed by atoms with van der Waals surface area (Å²) in [5.74, 6) is 0.526. The fourth-order valence-electron chi connectivity index (χ4n) is 2.96. The SMILES string of the molecule is CC(C)CN1CCN(S(=O)(=O)c2ccccc2)C[C@H]1CCO. The first-order valence-corrected chi connectivity index (χ1v) is 9.29. The molecule has 0 aromatic heterocycles. The van der Waals surface area contributed by atoms with E-state index in [1.54, 1.807) is 28.6 Å². The molecule has 0 spiro atoms. The Kier molecular flexibility index (Phi) is 5.97. The van der Waals surface area contributed by atoms with Gasteiger partial charge < -0.3 is 5.11 Å². The van der Waals surface area contributed by atoms with Crippen molar-refractivity contribution < 1.29 is 13.5 Å². The maximum Gasteiger partial charge on any atom is 0.243 e. The molecule has 124 valence electrons. The standard InChI is InChI=1S/C16H26N2O3S/c1-14(2)12-17-9-10-18(13-15(17)8-11-19)22(20,21)16-6-4-3-5-7-16/h3-7,14-15,19H,8-13H2,1-2H3/t15-/m1/s1. The minimum atomic E-state index is -3.44. The molecule has 0 aliphatic carbocycles. The highest BCUT2D eigenvalue weighted by Crippen LogP contribution is 2.21. The molecule has 0 amide bonds. The summed E-state index contributed by atoms with van der Waals surface area (Å²) in [6.07, 6.45) is 0.605. The summed E-state index contributed by atoms with van der Waals surface area (Å²) < 4.78 is 27.0. The van der Waals surface area contributed by atoms with E-state index in [0.29, 0.717) is 30.3 Å². The first-order chi connectivity index (χ1) is 10.4. The summed E-state index contributed by atoms with van der Waals surface area (Å²) in [6, 6.07) is 8.65. The fourth-order valence-corrected chi connectivity index (χ4v) is 4.45. The Morgan fingerprint density at radius 3 is 2.50 bits per heavy atom. The van der Waals surface area contributed by atoms with Crippen molar-refractivity contribution in [2.45, 2.75) is 31.2 Å². The number of rotatable bonds is 6. The van der Waals surface area contributed by atoms with Crippen LogP contribution in [0.3, 0.4) is 0 Å². The van der Waals surface area contributed by atoms with Crippen molar-refractivity contribution in [1.29, 1.82) is 0 Å². The highest BCUT2D eigenvalue weighted by molar-refractivity contribution is 7.89. The van der Waals surface area contributed by atoms with E-state index in [9.17, 15) is 13.5 Å². The summed E-state index contributed by atoms with van der Waals surface area (Å²) in [5, 5.41) is 9.28. The Balaban J connectivity index is 2.14. The molecule has 0 radical (unpaired) electrons. The topological polar surface area (TPSA) is 60.9 Å². The van der Waals surface area contributed by atoms with E-state index in [1.807, 2.05) is 6.07 Å². The van der Waals surface area contributed by atoms with Gasteiger partial charge in [0.25, 0.3) is 0 Å². The lowest BCUT2D eigenvalue weighted by Gasteiger charge is -2.41. The largest absolute Gasteiger partial charge is 0.396 e. The van der Waals surface area contributed by atoms with E-state index in [0.717, 1.165) is 13.1 Å². The minimum Gasteiger partial charge on any atom is -0.396 e. The monoisotopic (exact) mass is 326 g/mol. The van der Waals surface area contributed by atoms with Gasteiger partial charge >= 0.3 is 0 Å². The highest BCUT2D eigenvalue weighted by Gasteiger charge is 2.33. The fraction of sp³-hybridized carbons (Fsp3) is 0.625. The molecule has 0 saturated carbocycles. The predicted molar refractivity (Wildman–Crippen MR) is 87.1 cm³/mol. The number of hydrogen-bond donors (Lipinski definition) is 1. The third kappa shape index (κ3) is 4.07. The van der Waals surface area contributed by atoms with Crippen LogP contribution in [0, 0.1) is 5.92 Å². The van der Waals surface area contributed by atoms with E-state index in [2.05, 4.69) is 18.7 Å². The summed E-state index contributed by atoms with van der Waals surface area (Å²) in [6.45, 7) is 7.00. The molecule has 0 unspecified atom stereocenters. The molecule has 5 nitrogen and oxygen atoms in total. The molecule has 1 aromatic rings. The molecular weight excluding hydrogens is 300 g/mol. The smallest absolute Gasteiger partial charge is 0.243 e. The van der Waals surface area contributed by atoms with Crippen LogP contribution in [0.25, 0.3) is 0 Å². The Morgan fingerprint density at radius 1 is 1.23 bits per heavy atom. The quantitative estimate of drug-likeness (QED) is 0.858. The van der Waals surface area contributed by atoms with Crippen molar-refractivity contribution >= 4 is 10.0 Å². The normalized spacial score (nSPS) is 21.4. The van der Waals surface area contributed by atoms with Crippen LogP contribution in [0.1, 0.15) is 20.3 Å². The van der Waals surface area contributed by atoms with E-state index in [-0.39, 0.29) is 12.6 Å². The molecule has 22 heavy (non-hydrogen) atoms. The molecule has 2 rings (SSSR count). The average molecular weight is 326 g/mol. The third-order valence-electron chi connectivity index (χ3n) is 4.01. The molecule has 1 aliphatic heterocycles. The zero-order valence-corrected chi connectivity index (χ0v) is 14.2. The van der Waals surface area contributed by atoms with E-state index in [1.165, 1.54) is 0 Å². The Morgan fingerprint density at radius 2 is 1.91 bits per heavy atom. The van der Waals surface area contributed by atoms with Gasteiger partial charge in [0.2, 0.25) is 10.0 Å². The Bertz CT molecular complexity index is 560. The minimum absolute atomic E-state index is 0.0818. The summed E-state index contributed by atoms with van der Waals surface area (Å²) in [5.41, 5.74) is 0. The Hall–Kier alpha value is -0.950. The molecule has 1 atom stereocenters. The van der Waals surface area contributed by atoms with Gasteiger partial charge in [-0.05, 0) is 24.5 Å². The molecular formula is C16H26N2O3S. The van der Waals surface area contributed by atoms with Crippen molar-refractivity contribution in [2.24, 2.45) is 5.92 Å². The van der Waals surface area contributed by atoms with Crippen LogP contribution in [0.2, 0.25) is 0 Å². The van der Waals surface area contributed by atoms with Gasteiger partial charge in [0.1, 0.15) is 0 Å². The first-order valence-electron chi connectivity index (χ1n) is 7.85. The number of nitrogens with zero attached hydrogens (tertiary/aromatic N) is 2. The molecule has 1 heterocycles. The van der Waals surface area contributed by atoms with Gasteiger partial charge in [-0.3, -0.25) is 4.90 Å². The van der Waals surface area contributed by atoms with Gasteiger partial charge in [0, 0.05) is 38.8 Å². The first kappa shape index (κ1) is 17.4. The third-order valence-corrected chi connectivity index (χ3v) is 5.89. The van der Waals surface area contributed by atoms with Gasteiger partial charge in [-0.15, -0.1) is 0 Å². The molecule has 6 heteroatoms. The summed E-state index contributed by atoms with van der Waals surface area (Å²) in [4.78, 5) is 2.65. The molecule has 1 N–H and O–H groups in total. The van der Waals surface area contributed by atoms with E-state index in [4.69, 9.17) is 0 Å². The lowest BCUT2D eigenvalue weighted by atomic mass is 10.1. The predicted octanol–water partition coefficient (Wildman–Crippen LogP) is 1.40. The van der Waals surface area contributed by atoms with Crippen LogP contribution in [-0.2, 0) is 10.0 Å². The summed E-state index contributed by atoms with van der Waals surface area (Å²) in [7, 11) is -3.44. The molecule has 1 aliphatic rings. The van der Waals surface area contributed by atoms with Crippen molar-refractivity contribution in [3.63, 3.8) is 0 Å². The zero-order valence-electron chi connectivity index (χ0n) is 13.4. The van der Waals surface area contributed by atoms with Crippen LogP contribution in [0.5, 0.6) is 0 Å². The van der Waals surface area contributed by atoms with Crippen molar-refractivity contribution in [2.75, 3.05) is 32.8 Å². The molecule has 1 saturated heterocycles. The van der Waals surface area contributed by atoms with Crippen molar-refractivity contribution in [1.82, 2.24) is 9.21 Å². The molecule has 0 bridgehead atoms. The second kappa shape index (κ2) is 7.55. The van der Waals surface area contributed by atoms with Crippen molar-refractivity contribution in [3.05, 3.63) is 30.3 Å². The number of benzene rings is 1. The number of aliphatic hydroxyl groups is 1. The number of sulfonamides is 1. The number of aliphatic hydroxyl groups excluding tert-OH is 1. The van der Waals surface area contributed by atoms with Crippen LogP contribution >= 0.6 is 0 Å². The van der Waals surface area contributed by atoms with Gasteiger partial charge in [0.15, 0.2) is 0 Å². The van der Waals surface area contributed by atoms with Crippen LogP contribution < -0.4 is 0 Å². The lowest BCUT2D eigenvalue weighted by Crippen LogP contribution is -2.55. The van der Waals surface area contributed by atoms with Crippen molar-refractivity contribution in [3.8, 4) is 0 Å². The highest BCUT2D eigenvalue weighted by atomic mass is 32.2. The average Bonchev–Trinajstić information content (AvgIpc) is 2.49. The molecule has 1 aromatic carbocycles. The lowest BCUT2D eigenvalue weighted by molar-refractivity contribution is 0.0853. The summed E-state index contributed by atoms with van der Waals surface area (Å²) >= 11 is 0. The van der Waals surface area contributed by atoms with Gasteiger partial charge in [0.05, 0.1) is 4.90 Å². The Labute approximate surface area is 133 Å². The maximum absolute atomic E-state index is 12.7.